The molecule has 0 radical (unpaired) electrons. The van der Waals surface area contributed by atoms with Crippen LogP contribution in [-0.2, 0) is 11.3 Å². The van der Waals surface area contributed by atoms with Gasteiger partial charge in [0.15, 0.2) is 5.11 Å². The summed E-state index contributed by atoms with van der Waals surface area (Å²) in [5.74, 6) is 1.06. The molecule has 0 saturated carbocycles. The Balaban J connectivity index is 1.67. The van der Waals surface area contributed by atoms with Gasteiger partial charge in [-0.3, -0.25) is 9.69 Å². The minimum atomic E-state index is -0.224. The molecule has 0 spiro atoms. The van der Waals surface area contributed by atoms with Crippen LogP contribution in [0.2, 0.25) is 0 Å². The zero-order valence-electron chi connectivity index (χ0n) is 12.2. The molecule has 0 aliphatic carbocycles. The van der Waals surface area contributed by atoms with E-state index < -0.39 is 0 Å². The number of aromatic nitrogens is 1. The second kappa shape index (κ2) is 5.97. The van der Waals surface area contributed by atoms with Gasteiger partial charge in [0.05, 0.1) is 6.54 Å². The predicted molar refractivity (Wildman–Crippen MR) is 86.0 cm³/mol. The SMILES string of the molecule is C[C@H]1NC(=S)N(Cc2ccc(N3CCCCC3)nc2)C1=O. The second-order valence-electron chi connectivity index (χ2n) is 5.67. The van der Waals surface area contributed by atoms with Gasteiger partial charge in [0, 0.05) is 19.3 Å². The zero-order chi connectivity index (χ0) is 14.8. The number of carbonyl (C=O) groups is 1. The fourth-order valence-electron chi connectivity index (χ4n) is 2.81. The number of piperidine rings is 1. The van der Waals surface area contributed by atoms with Crippen molar-refractivity contribution in [3.8, 4) is 0 Å². The van der Waals surface area contributed by atoms with Gasteiger partial charge in [-0.1, -0.05) is 6.07 Å². The summed E-state index contributed by atoms with van der Waals surface area (Å²) in [6.07, 6.45) is 5.64. The second-order valence-corrected chi connectivity index (χ2v) is 6.05. The molecule has 1 N–H and O–H groups in total. The number of nitrogens with zero attached hydrogens (tertiary/aromatic N) is 3. The molecule has 0 unspecified atom stereocenters. The van der Waals surface area contributed by atoms with Crippen LogP contribution in [0.4, 0.5) is 5.82 Å². The number of amides is 1. The van der Waals surface area contributed by atoms with Crippen LogP contribution in [0.3, 0.4) is 0 Å². The smallest absolute Gasteiger partial charge is 0.251 e. The van der Waals surface area contributed by atoms with Crippen LogP contribution in [0.25, 0.3) is 0 Å². The number of rotatable bonds is 3. The Bertz CT molecular complexity index is 539. The maximum Gasteiger partial charge on any atom is 0.251 e. The number of nitrogens with one attached hydrogen (secondary N) is 1. The van der Waals surface area contributed by atoms with Crippen LogP contribution >= 0.6 is 12.2 Å². The van der Waals surface area contributed by atoms with Gasteiger partial charge < -0.3 is 10.2 Å². The Kier molecular flexibility index (Phi) is 4.05. The van der Waals surface area contributed by atoms with Crippen molar-refractivity contribution in [2.75, 3.05) is 18.0 Å². The summed E-state index contributed by atoms with van der Waals surface area (Å²) in [5.41, 5.74) is 1.00. The average molecular weight is 304 g/mol. The van der Waals surface area contributed by atoms with Crippen LogP contribution in [0.15, 0.2) is 18.3 Å². The van der Waals surface area contributed by atoms with Gasteiger partial charge in [0.2, 0.25) is 0 Å². The lowest BCUT2D eigenvalue weighted by Crippen LogP contribution is -2.31. The number of pyridine rings is 1. The van der Waals surface area contributed by atoms with Gasteiger partial charge in [0.25, 0.3) is 5.91 Å². The monoisotopic (exact) mass is 304 g/mol. The van der Waals surface area contributed by atoms with E-state index in [0.29, 0.717) is 11.7 Å². The molecule has 1 amide bonds. The minimum Gasteiger partial charge on any atom is -0.357 e. The summed E-state index contributed by atoms with van der Waals surface area (Å²) in [7, 11) is 0. The number of anilines is 1. The molecule has 6 heteroatoms. The molecule has 0 aromatic carbocycles. The van der Waals surface area contributed by atoms with Crippen LogP contribution in [0.1, 0.15) is 31.7 Å². The number of hydrogen-bond donors (Lipinski definition) is 1. The number of carbonyl (C=O) groups excluding carboxylic acids is 1. The summed E-state index contributed by atoms with van der Waals surface area (Å²) in [6, 6.07) is 3.86. The van der Waals surface area contributed by atoms with E-state index in [-0.39, 0.29) is 11.9 Å². The molecular weight excluding hydrogens is 284 g/mol. The first-order valence-corrected chi connectivity index (χ1v) is 7.88. The summed E-state index contributed by atoms with van der Waals surface area (Å²) in [4.78, 5) is 20.5. The standard InChI is InChI=1S/C15H20N4OS/c1-11-14(20)19(15(21)17-11)10-12-5-6-13(16-9-12)18-7-3-2-4-8-18/h5-6,9,11H,2-4,7-8,10H2,1H3,(H,17,21)/t11-/m1/s1. The van der Waals surface area contributed by atoms with Crippen molar-refractivity contribution in [3.63, 3.8) is 0 Å². The van der Waals surface area contributed by atoms with E-state index in [4.69, 9.17) is 12.2 Å². The van der Waals surface area contributed by atoms with E-state index in [1.54, 1.807) is 4.90 Å². The first kappa shape index (κ1) is 14.3. The fraction of sp³-hybridized carbons (Fsp3) is 0.533. The van der Waals surface area contributed by atoms with E-state index in [9.17, 15) is 4.79 Å². The average Bonchev–Trinajstić information content (AvgIpc) is 2.75. The molecule has 1 atom stereocenters. The van der Waals surface area contributed by atoms with Crippen molar-refractivity contribution in [3.05, 3.63) is 23.9 Å². The summed E-state index contributed by atoms with van der Waals surface area (Å²) in [5, 5.41) is 3.49. The first-order valence-electron chi connectivity index (χ1n) is 7.47. The maximum atomic E-state index is 12.0. The quantitative estimate of drug-likeness (QED) is 0.861. The zero-order valence-corrected chi connectivity index (χ0v) is 13.0. The van der Waals surface area contributed by atoms with Crippen LogP contribution in [0.5, 0.6) is 0 Å². The molecule has 2 aliphatic rings. The molecule has 1 aromatic rings. The van der Waals surface area contributed by atoms with Crippen molar-refractivity contribution in [2.24, 2.45) is 0 Å². The molecule has 1 aromatic heterocycles. The Labute approximate surface area is 130 Å². The van der Waals surface area contributed by atoms with Gasteiger partial charge in [-0.2, -0.15) is 0 Å². The van der Waals surface area contributed by atoms with Crippen molar-refractivity contribution >= 4 is 29.1 Å². The molecule has 2 aliphatic heterocycles. The molecule has 21 heavy (non-hydrogen) atoms. The van der Waals surface area contributed by atoms with Crippen LogP contribution in [0, 0.1) is 0 Å². The molecular formula is C15H20N4OS. The topological polar surface area (TPSA) is 48.5 Å². The Morgan fingerprint density at radius 1 is 1.33 bits per heavy atom. The summed E-state index contributed by atoms with van der Waals surface area (Å²) in [6.45, 7) is 4.49. The maximum absolute atomic E-state index is 12.0. The van der Waals surface area contributed by atoms with Crippen LogP contribution < -0.4 is 10.2 Å². The van der Waals surface area contributed by atoms with Gasteiger partial charge in [-0.25, -0.2) is 4.98 Å². The Hall–Kier alpha value is -1.69. The van der Waals surface area contributed by atoms with Gasteiger partial charge >= 0.3 is 0 Å². The predicted octanol–water partition coefficient (Wildman–Crippen LogP) is 1.68. The highest BCUT2D eigenvalue weighted by atomic mass is 32.1. The van der Waals surface area contributed by atoms with Gasteiger partial charge in [-0.15, -0.1) is 0 Å². The lowest BCUT2D eigenvalue weighted by molar-refractivity contribution is -0.127. The molecule has 2 fully saturated rings. The highest BCUT2D eigenvalue weighted by Crippen LogP contribution is 2.18. The number of thiocarbonyl (C=S) groups is 1. The summed E-state index contributed by atoms with van der Waals surface area (Å²) >= 11 is 5.19. The number of hydrogen-bond acceptors (Lipinski definition) is 4. The van der Waals surface area contributed by atoms with Crippen LogP contribution in [-0.4, -0.2) is 40.0 Å². The third-order valence-corrected chi connectivity index (χ3v) is 4.39. The highest BCUT2D eigenvalue weighted by molar-refractivity contribution is 7.80. The molecule has 3 heterocycles. The van der Waals surface area contributed by atoms with Crippen molar-refractivity contribution in [1.82, 2.24) is 15.2 Å². The van der Waals surface area contributed by atoms with Gasteiger partial charge in [0.1, 0.15) is 11.9 Å². The van der Waals surface area contributed by atoms with Crippen molar-refractivity contribution in [2.45, 2.75) is 38.8 Å². The van der Waals surface area contributed by atoms with E-state index in [0.717, 1.165) is 24.5 Å². The fourth-order valence-corrected chi connectivity index (χ4v) is 3.14. The molecule has 5 nitrogen and oxygen atoms in total. The first-order chi connectivity index (χ1) is 10.1. The molecule has 112 valence electrons. The van der Waals surface area contributed by atoms with E-state index in [1.807, 2.05) is 25.3 Å². The summed E-state index contributed by atoms with van der Waals surface area (Å²) < 4.78 is 0. The van der Waals surface area contributed by atoms with E-state index in [2.05, 4.69) is 15.2 Å². The Morgan fingerprint density at radius 3 is 2.67 bits per heavy atom. The lowest BCUT2D eigenvalue weighted by atomic mass is 10.1. The molecule has 0 bridgehead atoms. The highest BCUT2D eigenvalue weighted by Gasteiger charge is 2.31. The molecule has 3 rings (SSSR count). The van der Waals surface area contributed by atoms with Crippen molar-refractivity contribution in [1.29, 1.82) is 0 Å². The van der Waals surface area contributed by atoms with E-state index in [1.165, 1.54) is 19.3 Å². The largest absolute Gasteiger partial charge is 0.357 e. The lowest BCUT2D eigenvalue weighted by Gasteiger charge is -2.27. The van der Waals surface area contributed by atoms with Gasteiger partial charge in [-0.05, 0) is 50.0 Å². The minimum absolute atomic E-state index is 0.0279. The Morgan fingerprint density at radius 2 is 2.10 bits per heavy atom. The van der Waals surface area contributed by atoms with Crippen molar-refractivity contribution < 1.29 is 4.79 Å². The third kappa shape index (κ3) is 3.00. The normalized spacial score (nSPS) is 22.6. The van der Waals surface area contributed by atoms with E-state index >= 15 is 0 Å². The third-order valence-electron chi connectivity index (χ3n) is 4.05. The molecule has 2 saturated heterocycles.